The zero-order valence-corrected chi connectivity index (χ0v) is 17.6. The number of carbonyl (C=O) groups is 1. The van der Waals surface area contributed by atoms with Crippen molar-refractivity contribution in [2.45, 2.75) is 31.8 Å². The van der Waals surface area contributed by atoms with Gasteiger partial charge in [0, 0.05) is 13.1 Å². The van der Waals surface area contributed by atoms with Crippen LogP contribution in [-0.4, -0.2) is 39.2 Å². The van der Waals surface area contributed by atoms with Crippen molar-refractivity contribution in [3.05, 3.63) is 64.4 Å². The summed E-state index contributed by atoms with van der Waals surface area (Å²) in [5.74, 6) is 0.935. The van der Waals surface area contributed by atoms with E-state index in [1.807, 2.05) is 54.3 Å². The number of rotatable bonds is 4. The number of amides is 1. The maximum atomic E-state index is 13.3. The van der Waals surface area contributed by atoms with Crippen molar-refractivity contribution in [3.8, 4) is 5.69 Å². The monoisotopic (exact) mass is 407 g/mol. The lowest BCUT2D eigenvalue weighted by atomic mass is 10.0. The molecule has 4 rings (SSSR count). The highest BCUT2D eigenvalue weighted by atomic mass is 32.2. The van der Waals surface area contributed by atoms with E-state index in [1.54, 1.807) is 10.6 Å². The summed E-state index contributed by atoms with van der Waals surface area (Å²) in [5, 5.41) is 1.13. The van der Waals surface area contributed by atoms with Gasteiger partial charge in [0.2, 0.25) is 5.91 Å². The number of fused-ring (bicyclic) bond motifs is 1. The molecule has 0 aliphatic carbocycles. The second kappa shape index (κ2) is 8.41. The summed E-state index contributed by atoms with van der Waals surface area (Å²) in [6.45, 7) is 5.82. The number of benzene rings is 2. The molecule has 1 aromatic heterocycles. The second-order valence-electron chi connectivity index (χ2n) is 7.77. The fourth-order valence-electron chi connectivity index (χ4n) is 3.84. The molecule has 1 amide bonds. The highest BCUT2D eigenvalue weighted by Gasteiger charge is 2.22. The minimum Gasteiger partial charge on any atom is -0.342 e. The zero-order chi connectivity index (χ0) is 20.4. The molecule has 5 nitrogen and oxygen atoms in total. The molecule has 0 N–H and O–H groups in total. The van der Waals surface area contributed by atoms with Crippen LogP contribution in [0.5, 0.6) is 0 Å². The lowest BCUT2D eigenvalue weighted by molar-refractivity contribution is -0.130. The van der Waals surface area contributed by atoms with Gasteiger partial charge in [0.25, 0.3) is 5.56 Å². The van der Waals surface area contributed by atoms with Gasteiger partial charge >= 0.3 is 0 Å². The molecule has 0 radical (unpaired) electrons. The molecule has 6 heteroatoms. The summed E-state index contributed by atoms with van der Waals surface area (Å²) in [7, 11) is 0. The molecule has 0 saturated carbocycles. The maximum absolute atomic E-state index is 13.3. The summed E-state index contributed by atoms with van der Waals surface area (Å²) in [4.78, 5) is 32.7. The van der Waals surface area contributed by atoms with Gasteiger partial charge in [0.15, 0.2) is 5.16 Å². The fourth-order valence-corrected chi connectivity index (χ4v) is 4.75. The third-order valence-corrected chi connectivity index (χ3v) is 6.26. The molecular formula is C23H25N3O2S. The van der Waals surface area contributed by atoms with Crippen LogP contribution in [0.15, 0.2) is 58.5 Å². The molecule has 1 fully saturated rings. The van der Waals surface area contributed by atoms with Crippen molar-refractivity contribution in [2.75, 3.05) is 18.8 Å². The molecule has 1 atom stereocenters. The van der Waals surface area contributed by atoms with Crippen molar-refractivity contribution in [3.63, 3.8) is 0 Å². The molecule has 2 aromatic carbocycles. The van der Waals surface area contributed by atoms with Crippen molar-refractivity contribution in [2.24, 2.45) is 5.92 Å². The molecule has 150 valence electrons. The molecule has 0 spiro atoms. The number of hydrogen-bond donors (Lipinski definition) is 0. The molecule has 1 saturated heterocycles. The van der Waals surface area contributed by atoms with Crippen LogP contribution in [-0.2, 0) is 4.79 Å². The summed E-state index contributed by atoms with van der Waals surface area (Å²) >= 11 is 1.34. The van der Waals surface area contributed by atoms with Gasteiger partial charge < -0.3 is 4.90 Å². The van der Waals surface area contributed by atoms with E-state index in [0.717, 1.165) is 30.8 Å². The van der Waals surface area contributed by atoms with E-state index >= 15 is 0 Å². The number of thioether (sulfide) groups is 1. The van der Waals surface area contributed by atoms with E-state index in [4.69, 9.17) is 4.98 Å². The summed E-state index contributed by atoms with van der Waals surface area (Å²) in [6.07, 6.45) is 2.23. The quantitative estimate of drug-likeness (QED) is 0.484. The van der Waals surface area contributed by atoms with Gasteiger partial charge in [-0.1, -0.05) is 43.0 Å². The van der Waals surface area contributed by atoms with Crippen LogP contribution < -0.4 is 5.56 Å². The summed E-state index contributed by atoms with van der Waals surface area (Å²) < 4.78 is 1.63. The number of nitrogens with zero attached hydrogens (tertiary/aromatic N) is 3. The molecule has 29 heavy (non-hydrogen) atoms. The number of hydrogen-bond acceptors (Lipinski definition) is 4. The van der Waals surface area contributed by atoms with E-state index in [0.29, 0.717) is 22.0 Å². The Labute approximate surface area is 174 Å². The standard InChI is InChI=1S/C23H25N3O2S/c1-16-7-5-9-18(13-16)26-22(28)19-10-3-4-11-20(19)24-23(26)29-15-21(27)25-12-6-8-17(2)14-25/h3-5,7,9-11,13,17H,6,8,12,14-15H2,1-2H3/t17-/m0/s1. The first kappa shape index (κ1) is 19.7. The van der Waals surface area contributed by atoms with Gasteiger partial charge in [0.1, 0.15) is 0 Å². The van der Waals surface area contributed by atoms with E-state index in [-0.39, 0.29) is 17.2 Å². The van der Waals surface area contributed by atoms with Crippen molar-refractivity contribution in [1.82, 2.24) is 14.5 Å². The Morgan fingerprint density at radius 3 is 2.83 bits per heavy atom. The Hall–Kier alpha value is -2.60. The van der Waals surface area contributed by atoms with Crippen LogP contribution in [0.2, 0.25) is 0 Å². The van der Waals surface area contributed by atoms with Gasteiger partial charge in [-0.3, -0.25) is 14.2 Å². The van der Waals surface area contributed by atoms with Gasteiger partial charge in [-0.15, -0.1) is 0 Å². The van der Waals surface area contributed by atoms with Crippen LogP contribution in [0, 0.1) is 12.8 Å². The third kappa shape index (κ3) is 4.22. The topological polar surface area (TPSA) is 55.2 Å². The average Bonchev–Trinajstić information content (AvgIpc) is 2.72. The molecule has 1 aliphatic heterocycles. The number of carbonyl (C=O) groups excluding carboxylic acids is 1. The highest BCUT2D eigenvalue weighted by molar-refractivity contribution is 7.99. The normalized spacial score (nSPS) is 16.9. The predicted molar refractivity (Wildman–Crippen MR) is 118 cm³/mol. The van der Waals surface area contributed by atoms with Gasteiger partial charge in [0.05, 0.1) is 22.3 Å². The van der Waals surface area contributed by atoms with E-state index in [9.17, 15) is 9.59 Å². The highest BCUT2D eigenvalue weighted by Crippen LogP contribution is 2.23. The van der Waals surface area contributed by atoms with Gasteiger partial charge in [-0.25, -0.2) is 4.98 Å². The number of aryl methyl sites for hydroxylation is 1. The van der Waals surface area contributed by atoms with Gasteiger partial charge in [-0.2, -0.15) is 0 Å². The van der Waals surface area contributed by atoms with Crippen molar-refractivity contribution >= 4 is 28.6 Å². The van der Waals surface area contributed by atoms with Crippen LogP contribution in [0.1, 0.15) is 25.3 Å². The first-order valence-corrected chi connectivity index (χ1v) is 11.0. The maximum Gasteiger partial charge on any atom is 0.266 e. The minimum atomic E-state index is -0.109. The Balaban J connectivity index is 1.70. The van der Waals surface area contributed by atoms with Crippen LogP contribution >= 0.6 is 11.8 Å². The third-order valence-electron chi connectivity index (χ3n) is 5.34. The van der Waals surface area contributed by atoms with E-state index < -0.39 is 0 Å². The minimum absolute atomic E-state index is 0.109. The smallest absolute Gasteiger partial charge is 0.266 e. The molecule has 2 heterocycles. The van der Waals surface area contributed by atoms with Crippen LogP contribution in [0.4, 0.5) is 0 Å². The van der Waals surface area contributed by atoms with Gasteiger partial charge in [-0.05, 0) is 55.5 Å². The Bertz CT molecular complexity index is 1110. The molecule has 3 aromatic rings. The first-order valence-electron chi connectivity index (χ1n) is 10.0. The Kier molecular flexibility index (Phi) is 5.72. The predicted octanol–water partition coefficient (Wildman–Crippen LogP) is 4.04. The van der Waals surface area contributed by atoms with E-state index in [1.165, 1.54) is 18.2 Å². The van der Waals surface area contributed by atoms with Crippen molar-refractivity contribution in [1.29, 1.82) is 0 Å². The Morgan fingerprint density at radius 1 is 1.21 bits per heavy atom. The van der Waals surface area contributed by atoms with Crippen LogP contribution in [0.3, 0.4) is 0 Å². The second-order valence-corrected chi connectivity index (χ2v) is 8.71. The number of para-hydroxylation sites is 1. The lowest BCUT2D eigenvalue weighted by Gasteiger charge is -2.30. The molecule has 1 aliphatic rings. The largest absolute Gasteiger partial charge is 0.342 e. The lowest BCUT2D eigenvalue weighted by Crippen LogP contribution is -2.40. The number of aromatic nitrogens is 2. The number of piperidine rings is 1. The first-order chi connectivity index (χ1) is 14.0. The Morgan fingerprint density at radius 2 is 2.03 bits per heavy atom. The summed E-state index contributed by atoms with van der Waals surface area (Å²) in [6, 6.07) is 15.2. The molecular weight excluding hydrogens is 382 g/mol. The molecule has 0 bridgehead atoms. The number of likely N-dealkylation sites (tertiary alicyclic amines) is 1. The fraction of sp³-hybridized carbons (Fsp3) is 0.348. The van der Waals surface area contributed by atoms with E-state index in [2.05, 4.69) is 6.92 Å². The summed E-state index contributed by atoms with van der Waals surface area (Å²) in [5.41, 5.74) is 2.39. The zero-order valence-electron chi connectivity index (χ0n) is 16.8. The SMILES string of the molecule is Cc1cccc(-n2c(SCC(=O)N3CCC[C@H](C)C3)nc3ccccc3c2=O)c1. The molecule has 0 unspecified atom stereocenters. The van der Waals surface area contributed by atoms with Crippen LogP contribution in [0.25, 0.3) is 16.6 Å². The average molecular weight is 408 g/mol. The van der Waals surface area contributed by atoms with Crippen molar-refractivity contribution < 1.29 is 4.79 Å².